The van der Waals surface area contributed by atoms with Gasteiger partial charge in [0.1, 0.15) is 5.82 Å². The van der Waals surface area contributed by atoms with Gasteiger partial charge in [-0.3, -0.25) is 0 Å². The third-order valence-corrected chi connectivity index (χ3v) is 2.77. The Morgan fingerprint density at radius 1 is 1.12 bits per heavy atom. The molecule has 0 bridgehead atoms. The number of pyridine rings is 1. The van der Waals surface area contributed by atoms with Gasteiger partial charge in [-0.2, -0.15) is 0 Å². The maximum absolute atomic E-state index is 6.05. The molecule has 0 aliphatic rings. The van der Waals surface area contributed by atoms with Crippen LogP contribution in [0.15, 0.2) is 36.5 Å². The lowest BCUT2D eigenvalue weighted by atomic mass is 10.2. The number of aromatic nitrogens is 1. The van der Waals surface area contributed by atoms with Gasteiger partial charge in [-0.1, -0.05) is 17.7 Å². The summed E-state index contributed by atoms with van der Waals surface area (Å²) >= 11 is 6.05. The molecule has 16 heavy (non-hydrogen) atoms. The van der Waals surface area contributed by atoms with Crippen molar-refractivity contribution in [1.29, 1.82) is 0 Å². The predicted molar refractivity (Wildman–Crippen MR) is 68.4 cm³/mol. The second-order valence-corrected chi connectivity index (χ2v) is 4.21. The summed E-state index contributed by atoms with van der Waals surface area (Å²) in [5.74, 6) is 0.833. The van der Waals surface area contributed by atoms with Crippen LogP contribution < -0.4 is 5.32 Å². The van der Waals surface area contributed by atoms with Gasteiger partial charge in [0.25, 0.3) is 0 Å². The third-order valence-electron chi connectivity index (χ3n) is 2.36. The predicted octanol–water partition coefficient (Wildman–Crippen LogP) is 4.10. The molecule has 0 saturated carbocycles. The van der Waals surface area contributed by atoms with Crippen LogP contribution in [0.4, 0.5) is 11.5 Å². The highest BCUT2D eigenvalue weighted by molar-refractivity contribution is 6.31. The Hall–Kier alpha value is -1.54. The van der Waals surface area contributed by atoms with Crippen LogP contribution in [-0.2, 0) is 0 Å². The highest BCUT2D eigenvalue weighted by Crippen LogP contribution is 2.22. The molecular weight excluding hydrogens is 220 g/mol. The molecule has 0 atom stereocenters. The van der Waals surface area contributed by atoms with Crippen LogP contribution in [0, 0.1) is 13.8 Å². The monoisotopic (exact) mass is 232 g/mol. The van der Waals surface area contributed by atoms with Gasteiger partial charge in [0, 0.05) is 16.9 Å². The molecule has 0 unspecified atom stereocenters. The van der Waals surface area contributed by atoms with E-state index in [1.807, 2.05) is 44.2 Å². The van der Waals surface area contributed by atoms with Crippen LogP contribution in [0.2, 0.25) is 5.02 Å². The largest absolute Gasteiger partial charge is 0.340 e. The summed E-state index contributed by atoms with van der Waals surface area (Å²) < 4.78 is 0. The summed E-state index contributed by atoms with van der Waals surface area (Å²) in [5.41, 5.74) is 3.20. The number of benzene rings is 1. The number of hydrogen-bond acceptors (Lipinski definition) is 2. The highest BCUT2D eigenvalue weighted by Gasteiger charge is 1.99. The number of halogens is 1. The lowest BCUT2D eigenvalue weighted by molar-refractivity contribution is 1.27. The first-order valence-electron chi connectivity index (χ1n) is 5.11. The van der Waals surface area contributed by atoms with Crippen LogP contribution in [0.1, 0.15) is 11.1 Å². The number of nitrogens with one attached hydrogen (secondary N) is 1. The van der Waals surface area contributed by atoms with Crippen LogP contribution in [0.5, 0.6) is 0 Å². The number of aryl methyl sites for hydroxylation is 2. The second kappa shape index (κ2) is 4.54. The van der Waals surface area contributed by atoms with Crippen LogP contribution in [0.3, 0.4) is 0 Å². The first-order chi connectivity index (χ1) is 7.65. The molecule has 1 aromatic carbocycles. The maximum Gasteiger partial charge on any atom is 0.130 e. The minimum absolute atomic E-state index is 0.762. The molecule has 3 heteroatoms. The first kappa shape index (κ1) is 11.0. The second-order valence-electron chi connectivity index (χ2n) is 3.81. The summed E-state index contributed by atoms with van der Waals surface area (Å²) in [5, 5.41) is 3.98. The van der Waals surface area contributed by atoms with E-state index in [0.717, 1.165) is 22.1 Å². The average Bonchev–Trinajstić information content (AvgIpc) is 2.24. The Labute approximate surface area is 100 Å². The molecule has 2 rings (SSSR count). The van der Waals surface area contributed by atoms with Gasteiger partial charge in [0.2, 0.25) is 0 Å². The summed E-state index contributed by atoms with van der Waals surface area (Å²) in [4.78, 5) is 4.23. The molecule has 1 N–H and O–H groups in total. The van der Waals surface area contributed by atoms with E-state index < -0.39 is 0 Å². The van der Waals surface area contributed by atoms with E-state index in [4.69, 9.17) is 11.6 Å². The van der Waals surface area contributed by atoms with Crippen molar-refractivity contribution in [2.24, 2.45) is 0 Å². The third kappa shape index (κ3) is 2.52. The molecule has 0 aliphatic carbocycles. The van der Waals surface area contributed by atoms with Gasteiger partial charge in [0.05, 0.1) is 0 Å². The number of hydrogen-bond donors (Lipinski definition) is 1. The zero-order chi connectivity index (χ0) is 11.5. The van der Waals surface area contributed by atoms with Crippen molar-refractivity contribution in [2.75, 3.05) is 5.32 Å². The minimum Gasteiger partial charge on any atom is -0.340 e. The number of anilines is 2. The van der Waals surface area contributed by atoms with Gasteiger partial charge in [-0.05, 0) is 49.2 Å². The Bertz CT molecular complexity index is 509. The minimum atomic E-state index is 0.762. The molecule has 2 aromatic rings. The van der Waals surface area contributed by atoms with Crippen molar-refractivity contribution in [1.82, 2.24) is 4.98 Å². The van der Waals surface area contributed by atoms with E-state index in [1.54, 1.807) is 6.20 Å². The van der Waals surface area contributed by atoms with E-state index in [-0.39, 0.29) is 0 Å². The topological polar surface area (TPSA) is 24.9 Å². The molecule has 82 valence electrons. The molecule has 1 heterocycles. The molecule has 1 aromatic heterocycles. The van der Waals surface area contributed by atoms with Gasteiger partial charge in [-0.25, -0.2) is 4.98 Å². The average molecular weight is 233 g/mol. The normalized spacial score (nSPS) is 10.2. The Balaban J connectivity index is 2.24. The van der Waals surface area contributed by atoms with Gasteiger partial charge in [-0.15, -0.1) is 0 Å². The standard InChI is InChI=1S/C13H13ClN2/c1-9-5-6-15-13(7-9)16-11-4-3-10(2)12(14)8-11/h3-8H,1-2H3,(H,15,16). The number of nitrogens with zero attached hydrogens (tertiary/aromatic N) is 1. The van der Waals surface area contributed by atoms with E-state index in [9.17, 15) is 0 Å². The fourth-order valence-corrected chi connectivity index (χ4v) is 1.60. The summed E-state index contributed by atoms with van der Waals surface area (Å²) in [6.45, 7) is 4.02. The quantitative estimate of drug-likeness (QED) is 0.844. The van der Waals surface area contributed by atoms with Crippen molar-refractivity contribution in [3.63, 3.8) is 0 Å². The Morgan fingerprint density at radius 2 is 1.94 bits per heavy atom. The summed E-state index contributed by atoms with van der Waals surface area (Å²) in [6, 6.07) is 9.84. The highest BCUT2D eigenvalue weighted by atomic mass is 35.5. The first-order valence-corrected chi connectivity index (χ1v) is 5.49. The molecular formula is C13H13ClN2. The van der Waals surface area contributed by atoms with Crippen molar-refractivity contribution in [3.8, 4) is 0 Å². The molecule has 0 aliphatic heterocycles. The van der Waals surface area contributed by atoms with Crippen molar-refractivity contribution in [3.05, 3.63) is 52.7 Å². The van der Waals surface area contributed by atoms with Crippen LogP contribution in [0.25, 0.3) is 0 Å². The molecule has 0 spiro atoms. The molecule has 2 nitrogen and oxygen atoms in total. The van der Waals surface area contributed by atoms with Crippen molar-refractivity contribution < 1.29 is 0 Å². The Morgan fingerprint density at radius 3 is 2.62 bits per heavy atom. The smallest absolute Gasteiger partial charge is 0.130 e. The fourth-order valence-electron chi connectivity index (χ4n) is 1.42. The Kier molecular flexibility index (Phi) is 3.11. The van der Waals surface area contributed by atoms with Crippen LogP contribution >= 0.6 is 11.6 Å². The van der Waals surface area contributed by atoms with Crippen molar-refractivity contribution in [2.45, 2.75) is 13.8 Å². The summed E-state index contributed by atoms with van der Waals surface area (Å²) in [6.07, 6.45) is 1.79. The lowest BCUT2D eigenvalue weighted by Crippen LogP contribution is -1.93. The van der Waals surface area contributed by atoms with E-state index in [1.165, 1.54) is 5.56 Å². The molecule has 0 fully saturated rings. The SMILES string of the molecule is Cc1ccnc(Nc2ccc(C)c(Cl)c2)c1. The summed E-state index contributed by atoms with van der Waals surface area (Å²) in [7, 11) is 0. The van der Waals surface area contributed by atoms with Crippen LogP contribution in [-0.4, -0.2) is 4.98 Å². The fraction of sp³-hybridized carbons (Fsp3) is 0.154. The lowest BCUT2D eigenvalue weighted by Gasteiger charge is -2.07. The zero-order valence-electron chi connectivity index (χ0n) is 9.29. The maximum atomic E-state index is 6.05. The van der Waals surface area contributed by atoms with Gasteiger partial charge < -0.3 is 5.32 Å². The molecule has 0 saturated heterocycles. The van der Waals surface area contributed by atoms with E-state index in [2.05, 4.69) is 10.3 Å². The molecule has 0 amide bonds. The zero-order valence-corrected chi connectivity index (χ0v) is 10.0. The molecule has 0 radical (unpaired) electrons. The van der Waals surface area contributed by atoms with E-state index in [0.29, 0.717) is 0 Å². The number of rotatable bonds is 2. The van der Waals surface area contributed by atoms with Gasteiger partial charge >= 0.3 is 0 Å². The van der Waals surface area contributed by atoms with E-state index >= 15 is 0 Å². The van der Waals surface area contributed by atoms with Crippen molar-refractivity contribution >= 4 is 23.1 Å². The van der Waals surface area contributed by atoms with Gasteiger partial charge in [0.15, 0.2) is 0 Å².